The summed E-state index contributed by atoms with van der Waals surface area (Å²) < 4.78 is 27.4. The lowest BCUT2D eigenvalue weighted by atomic mass is 10.1. The third-order valence-corrected chi connectivity index (χ3v) is 3.61. The van der Waals surface area contributed by atoms with Gasteiger partial charge in [-0.05, 0) is 51.1 Å². The van der Waals surface area contributed by atoms with Crippen molar-refractivity contribution >= 4 is 0 Å². The largest absolute Gasteiger partial charge is 0.309 e. The molecule has 0 radical (unpaired) electrons. The maximum Gasteiger partial charge on any atom is 0.128 e. The SMILES string of the molecule is CCCN(CC)CCNC(C)c1cc(F)c(C)cc1F. The predicted molar refractivity (Wildman–Crippen MR) is 79.9 cm³/mol. The van der Waals surface area contributed by atoms with Crippen molar-refractivity contribution in [2.24, 2.45) is 0 Å². The third kappa shape index (κ3) is 4.84. The maximum atomic E-state index is 13.8. The van der Waals surface area contributed by atoms with Crippen LogP contribution in [0.1, 0.15) is 44.4 Å². The smallest absolute Gasteiger partial charge is 0.128 e. The van der Waals surface area contributed by atoms with E-state index in [9.17, 15) is 8.78 Å². The number of nitrogens with one attached hydrogen (secondary N) is 1. The molecule has 2 nitrogen and oxygen atoms in total. The first-order valence-electron chi connectivity index (χ1n) is 7.40. The van der Waals surface area contributed by atoms with Gasteiger partial charge in [0.25, 0.3) is 0 Å². The van der Waals surface area contributed by atoms with Crippen LogP contribution in [0, 0.1) is 18.6 Å². The van der Waals surface area contributed by atoms with Crippen LogP contribution in [0.2, 0.25) is 0 Å². The van der Waals surface area contributed by atoms with Gasteiger partial charge >= 0.3 is 0 Å². The lowest BCUT2D eigenvalue weighted by Gasteiger charge is -2.22. The third-order valence-electron chi connectivity index (χ3n) is 3.61. The highest BCUT2D eigenvalue weighted by molar-refractivity contribution is 5.27. The summed E-state index contributed by atoms with van der Waals surface area (Å²) in [5.74, 6) is -0.693. The topological polar surface area (TPSA) is 15.3 Å². The first kappa shape index (κ1) is 17.1. The molecule has 0 aliphatic rings. The van der Waals surface area contributed by atoms with Crippen molar-refractivity contribution in [3.63, 3.8) is 0 Å². The molecule has 0 spiro atoms. The Morgan fingerprint density at radius 3 is 2.45 bits per heavy atom. The van der Waals surface area contributed by atoms with Crippen molar-refractivity contribution in [2.45, 2.75) is 40.2 Å². The number of halogens is 2. The summed E-state index contributed by atoms with van der Waals surface area (Å²) in [6, 6.07) is 2.37. The number of hydrogen-bond donors (Lipinski definition) is 1. The van der Waals surface area contributed by atoms with E-state index < -0.39 is 0 Å². The van der Waals surface area contributed by atoms with E-state index in [2.05, 4.69) is 24.1 Å². The fourth-order valence-electron chi connectivity index (χ4n) is 2.29. The average molecular weight is 284 g/mol. The van der Waals surface area contributed by atoms with E-state index in [1.54, 1.807) is 6.92 Å². The molecule has 114 valence electrons. The Hall–Kier alpha value is -1.00. The predicted octanol–water partition coefficient (Wildman–Crippen LogP) is 3.66. The summed E-state index contributed by atoms with van der Waals surface area (Å²) in [7, 11) is 0. The number of rotatable bonds is 8. The van der Waals surface area contributed by atoms with Crippen LogP contribution in [0.4, 0.5) is 8.78 Å². The average Bonchev–Trinajstić information content (AvgIpc) is 2.41. The Labute approximate surface area is 121 Å². The molecular formula is C16H26F2N2. The minimum Gasteiger partial charge on any atom is -0.309 e. The monoisotopic (exact) mass is 284 g/mol. The Morgan fingerprint density at radius 2 is 1.85 bits per heavy atom. The van der Waals surface area contributed by atoms with E-state index in [1.165, 1.54) is 12.1 Å². The van der Waals surface area contributed by atoms with E-state index in [0.29, 0.717) is 11.1 Å². The van der Waals surface area contributed by atoms with Crippen molar-refractivity contribution in [2.75, 3.05) is 26.2 Å². The fraction of sp³-hybridized carbons (Fsp3) is 0.625. The Morgan fingerprint density at radius 1 is 1.15 bits per heavy atom. The normalized spacial score (nSPS) is 12.9. The van der Waals surface area contributed by atoms with Crippen molar-refractivity contribution < 1.29 is 8.78 Å². The van der Waals surface area contributed by atoms with E-state index >= 15 is 0 Å². The zero-order valence-corrected chi connectivity index (χ0v) is 13.0. The second-order valence-electron chi connectivity index (χ2n) is 5.23. The highest BCUT2D eigenvalue weighted by atomic mass is 19.1. The minimum atomic E-state index is -0.351. The second kappa shape index (κ2) is 8.32. The number of hydrogen-bond acceptors (Lipinski definition) is 2. The Bertz CT molecular complexity index is 421. The lowest BCUT2D eigenvalue weighted by molar-refractivity contribution is 0.283. The van der Waals surface area contributed by atoms with Crippen molar-refractivity contribution in [1.29, 1.82) is 0 Å². The molecular weight excluding hydrogens is 258 g/mol. The molecule has 1 N–H and O–H groups in total. The van der Waals surface area contributed by atoms with Gasteiger partial charge in [0.15, 0.2) is 0 Å². The molecule has 0 saturated heterocycles. The van der Waals surface area contributed by atoms with Gasteiger partial charge in [-0.25, -0.2) is 8.78 Å². The zero-order valence-electron chi connectivity index (χ0n) is 13.0. The molecule has 1 unspecified atom stereocenters. The van der Waals surface area contributed by atoms with Crippen molar-refractivity contribution in [3.8, 4) is 0 Å². The Kier molecular flexibility index (Phi) is 7.10. The van der Waals surface area contributed by atoms with Crippen LogP contribution < -0.4 is 5.32 Å². The van der Waals surface area contributed by atoms with Gasteiger partial charge in [-0.15, -0.1) is 0 Å². The number of benzene rings is 1. The van der Waals surface area contributed by atoms with Gasteiger partial charge in [0.2, 0.25) is 0 Å². The maximum absolute atomic E-state index is 13.8. The molecule has 0 aromatic heterocycles. The summed E-state index contributed by atoms with van der Waals surface area (Å²) >= 11 is 0. The molecule has 1 aromatic carbocycles. The molecule has 1 aromatic rings. The van der Waals surface area contributed by atoms with Crippen LogP contribution in [0.15, 0.2) is 12.1 Å². The Balaban J connectivity index is 2.54. The summed E-state index contributed by atoms with van der Waals surface area (Å²) in [5, 5.41) is 3.26. The zero-order chi connectivity index (χ0) is 15.1. The molecule has 0 saturated carbocycles. The molecule has 1 rings (SSSR count). The van der Waals surface area contributed by atoms with Crippen LogP contribution in [0.3, 0.4) is 0 Å². The van der Waals surface area contributed by atoms with Crippen LogP contribution in [0.5, 0.6) is 0 Å². The van der Waals surface area contributed by atoms with Gasteiger partial charge in [-0.1, -0.05) is 13.8 Å². The van der Waals surface area contributed by atoms with E-state index in [0.717, 1.165) is 32.6 Å². The van der Waals surface area contributed by atoms with Crippen LogP contribution in [-0.2, 0) is 0 Å². The molecule has 0 heterocycles. The molecule has 0 fully saturated rings. The minimum absolute atomic E-state index is 0.189. The first-order valence-corrected chi connectivity index (χ1v) is 7.40. The van der Waals surface area contributed by atoms with Gasteiger partial charge in [0.1, 0.15) is 11.6 Å². The van der Waals surface area contributed by atoms with Gasteiger partial charge in [-0.2, -0.15) is 0 Å². The van der Waals surface area contributed by atoms with Crippen molar-refractivity contribution in [3.05, 3.63) is 34.9 Å². The summed E-state index contributed by atoms with van der Waals surface area (Å²) in [6.45, 7) is 11.5. The van der Waals surface area contributed by atoms with E-state index in [-0.39, 0.29) is 17.7 Å². The van der Waals surface area contributed by atoms with Gasteiger partial charge in [0, 0.05) is 24.7 Å². The first-order chi connectivity index (χ1) is 9.49. The van der Waals surface area contributed by atoms with E-state index in [4.69, 9.17) is 0 Å². The molecule has 0 aliphatic heterocycles. The van der Waals surface area contributed by atoms with Gasteiger partial charge in [-0.3, -0.25) is 0 Å². The fourth-order valence-corrected chi connectivity index (χ4v) is 2.29. The molecule has 0 amide bonds. The van der Waals surface area contributed by atoms with Crippen LogP contribution in [0.25, 0.3) is 0 Å². The molecule has 4 heteroatoms. The quantitative estimate of drug-likeness (QED) is 0.784. The van der Waals surface area contributed by atoms with Gasteiger partial charge < -0.3 is 10.2 Å². The summed E-state index contributed by atoms with van der Waals surface area (Å²) in [4.78, 5) is 2.34. The lowest BCUT2D eigenvalue weighted by Crippen LogP contribution is -2.33. The molecule has 1 atom stereocenters. The standard InChI is InChI=1S/C16H26F2N2/c1-5-8-20(6-2)9-7-19-13(4)14-11-15(17)12(3)10-16(14)18/h10-11,13,19H,5-9H2,1-4H3. The highest BCUT2D eigenvalue weighted by Gasteiger charge is 2.13. The van der Waals surface area contributed by atoms with Crippen LogP contribution in [-0.4, -0.2) is 31.1 Å². The summed E-state index contributed by atoms with van der Waals surface area (Å²) in [6.07, 6.45) is 1.13. The second-order valence-corrected chi connectivity index (χ2v) is 5.23. The number of likely N-dealkylation sites (N-methyl/N-ethyl adjacent to an activating group) is 1. The molecule has 20 heavy (non-hydrogen) atoms. The van der Waals surface area contributed by atoms with Crippen molar-refractivity contribution in [1.82, 2.24) is 10.2 Å². The molecule has 0 aliphatic carbocycles. The van der Waals surface area contributed by atoms with E-state index in [1.807, 2.05) is 6.92 Å². The van der Waals surface area contributed by atoms with Crippen LogP contribution >= 0.6 is 0 Å². The number of aryl methyl sites for hydroxylation is 1. The molecule has 0 bridgehead atoms. The highest BCUT2D eigenvalue weighted by Crippen LogP contribution is 2.20. The summed E-state index contributed by atoms with van der Waals surface area (Å²) in [5.41, 5.74) is 0.741. The number of nitrogens with zero attached hydrogens (tertiary/aromatic N) is 1. The van der Waals surface area contributed by atoms with Gasteiger partial charge in [0.05, 0.1) is 0 Å².